The van der Waals surface area contributed by atoms with Crippen molar-refractivity contribution in [2.75, 3.05) is 6.61 Å². The molecule has 0 saturated heterocycles. The predicted molar refractivity (Wildman–Crippen MR) is 76.5 cm³/mol. The highest BCUT2D eigenvalue weighted by atomic mass is 32.2. The minimum atomic E-state index is -4.35. The van der Waals surface area contributed by atoms with Crippen LogP contribution in [0.3, 0.4) is 0 Å². The highest BCUT2D eigenvalue weighted by Crippen LogP contribution is 2.24. The highest BCUT2D eigenvalue weighted by molar-refractivity contribution is 7.98. The van der Waals surface area contributed by atoms with Crippen molar-refractivity contribution >= 4 is 11.8 Å². The first-order valence-corrected chi connectivity index (χ1v) is 7.22. The molecule has 0 saturated carbocycles. The number of halogens is 3. The van der Waals surface area contributed by atoms with Crippen molar-refractivity contribution in [2.24, 2.45) is 0 Å². The van der Waals surface area contributed by atoms with Gasteiger partial charge in [0.15, 0.2) is 6.61 Å². The molecule has 0 atom stereocenters. The van der Waals surface area contributed by atoms with Crippen LogP contribution in [0.2, 0.25) is 0 Å². The Labute approximate surface area is 129 Å². The van der Waals surface area contributed by atoms with E-state index in [4.69, 9.17) is 10.00 Å². The van der Waals surface area contributed by atoms with Gasteiger partial charge in [-0.2, -0.15) is 18.4 Å². The predicted octanol–water partition coefficient (Wildman–Crippen LogP) is 4.19. The summed E-state index contributed by atoms with van der Waals surface area (Å²) >= 11 is 1.40. The molecule has 0 aliphatic rings. The number of benzene rings is 1. The van der Waals surface area contributed by atoms with Crippen molar-refractivity contribution in [3.8, 4) is 11.8 Å². The van der Waals surface area contributed by atoms with Crippen LogP contribution in [-0.4, -0.2) is 17.8 Å². The second kappa shape index (κ2) is 7.18. The normalized spacial score (nSPS) is 11.0. The quantitative estimate of drug-likeness (QED) is 0.774. The van der Waals surface area contributed by atoms with Crippen molar-refractivity contribution in [1.29, 1.82) is 5.26 Å². The topological polar surface area (TPSA) is 45.9 Å². The average molecular weight is 324 g/mol. The maximum atomic E-state index is 12.1. The summed E-state index contributed by atoms with van der Waals surface area (Å²) in [6.45, 7) is -1.31. The summed E-state index contributed by atoms with van der Waals surface area (Å²) in [5.41, 5.74) is 1.33. The molecule has 22 heavy (non-hydrogen) atoms. The van der Waals surface area contributed by atoms with Gasteiger partial charge in [0.25, 0.3) is 0 Å². The van der Waals surface area contributed by atoms with Crippen LogP contribution in [0, 0.1) is 11.3 Å². The fourth-order valence-electron chi connectivity index (χ4n) is 1.61. The minimum absolute atomic E-state index is 0.175. The number of hydrogen-bond acceptors (Lipinski definition) is 4. The number of hydrogen-bond donors (Lipinski definition) is 0. The first kappa shape index (κ1) is 16.2. The second-order valence-corrected chi connectivity index (χ2v) is 5.33. The Morgan fingerprint density at radius 3 is 2.77 bits per heavy atom. The lowest BCUT2D eigenvalue weighted by atomic mass is 10.2. The average Bonchev–Trinajstić information content (AvgIpc) is 2.51. The second-order valence-electron chi connectivity index (χ2n) is 4.33. The maximum absolute atomic E-state index is 12.1. The number of aromatic nitrogens is 1. The lowest BCUT2D eigenvalue weighted by Crippen LogP contribution is -2.19. The molecule has 0 radical (unpaired) electrons. The number of rotatable bonds is 5. The minimum Gasteiger partial charge on any atom is -0.484 e. The van der Waals surface area contributed by atoms with Crippen LogP contribution in [0.4, 0.5) is 13.2 Å². The van der Waals surface area contributed by atoms with Gasteiger partial charge in [0.2, 0.25) is 0 Å². The fraction of sp³-hybridized carbons (Fsp3) is 0.200. The van der Waals surface area contributed by atoms with Gasteiger partial charge in [-0.1, -0.05) is 12.1 Å². The molecule has 1 heterocycles. The zero-order valence-corrected chi connectivity index (χ0v) is 12.1. The van der Waals surface area contributed by atoms with Crippen LogP contribution < -0.4 is 4.74 Å². The van der Waals surface area contributed by atoms with Crippen molar-refractivity contribution in [2.45, 2.75) is 17.0 Å². The number of thioether (sulfide) groups is 1. The monoisotopic (exact) mass is 324 g/mol. The van der Waals surface area contributed by atoms with Gasteiger partial charge in [0, 0.05) is 11.9 Å². The molecule has 2 rings (SSSR count). The summed E-state index contributed by atoms with van der Waals surface area (Å²) < 4.78 is 41.1. The molecule has 1 aromatic carbocycles. The standard InChI is InChI=1S/C15H11F3N2OS/c16-15(17,18)10-21-13-3-1-2-12(6-13)9-22-14-7-11(8-19)4-5-20-14/h1-7H,9-10H2. The van der Waals surface area contributed by atoms with E-state index in [9.17, 15) is 13.2 Å². The van der Waals surface area contributed by atoms with Crippen LogP contribution >= 0.6 is 11.8 Å². The van der Waals surface area contributed by atoms with Crippen LogP contribution in [0.1, 0.15) is 11.1 Å². The molecule has 0 unspecified atom stereocenters. The summed E-state index contributed by atoms with van der Waals surface area (Å²) in [5, 5.41) is 9.49. The molecule has 0 spiro atoms. The summed E-state index contributed by atoms with van der Waals surface area (Å²) in [7, 11) is 0. The summed E-state index contributed by atoms with van der Waals surface area (Å²) in [4.78, 5) is 4.13. The van der Waals surface area contributed by atoms with Crippen molar-refractivity contribution in [3.63, 3.8) is 0 Å². The summed E-state index contributed by atoms with van der Waals surface area (Å²) in [5.74, 6) is 0.694. The van der Waals surface area contributed by atoms with E-state index in [0.717, 1.165) is 5.56 Å². The Hall–Kier alpha value is -2.20. The zero-order valence-electron chi connectivity index (χ0n) is 11.3. The van der Waals surface area contributed by atoms with Gasteiger partial charge < -0.3 is 4.74 Å². The molecular formula is C15H11F3N2OS. The molecule has 0 N–H and O–H groups in total. The van der Waals surface area contributed by atoms with Gasteiger partial charge in [-0.25, -0.2) is 4.98 Å². The van der Waals surface area contributed by atoms with E-state index >= 15 is 0 Å². The fourth-order valence-corrected chi connectivity index (χ4v) is 2.45. The van der Waals surface area contributed by atoms with E-state index in [1.807, 2.05) is 6.07 Å². The molecule has 1 aromatic heterocycles. The molecule has 0 aliphatic carbocycles. The molecule has 2 aromatic rings. The van der Waals surface area contributed by atoms with Crippen LogP contribution in [-0.2, 0) is 5.75 Å². The van der Waals surface area contributed by atoms with Crippen LogP contribution in [0.5, 0.6) is 5.75 Å². The number of pyridine rings is 1. The molecule has 0 amide bonds. The lowest BCUT2D eigenvalue weighted by molar-refractivity contribution is -0.153. The van der Waals surface area contributed by atoms with Gasteiger partial charge in [-0.3, -0.25) is 0 Å². The van der Waals surface area contributed by atoms with E-state index in [0.29, 0.717) is 16.3 Å². The van der Waals surface area contributed by atoms with E-state index in [1.165, 1.54) is 17.8 Å². The zero-order chi connectivity index (χ0) is 16.0. The van der Waals surface area contributed by atoms with Crippen molar-refractivity contribution in [1.82, 2.24) is 4.98 Å². The Balaban J connectivity index is 1.97. The van der Waals surface area contributed by atoms with E-state index in [1.54, 1.807) is 36.5 Å². The Kier molecular flexibility index (Phi) is 5.28. The molecule has 0 bridgehead atoms. The smallest absolute Gasteiger partial charge is 0.422 e. The Bertz CT molecular complexity index is 683. The van der Waals surface area contributed by atoms with Gasteiger partial charge in [-0.05, 0) is 29.8 Å². The Morgan fingerprint density at radius 2 is 2.05 bits per heavy atom. The van der Waals surface area contributed by atoms with Gasteiger partial charge in [-0.15, -0.1) is 11.8 Å². The third-order valence-corrected chi connectivity index (χ3v) is 3.55. The summed E-state index contributed by atoms with van der Waals surface area (Å²) in [6.07, 6.45) is -2.81. The lowest BCUT2D eigenvalue weighted by Gasteiger charge is -2.10. The number of ether oxygens (including phenoxy) is 1. The van der Waals surface area contributed by atoms with Crippen LogP contribution in [0.25, 0.3) is 0 Å². The third-order valence-electron chi connectivity index (χ3n) is 2.55. The molecular weight excluding hydrogens is 313 g/mol. The van der Waals surface area contributed by atoms with Crippen molar-refractivity contribution < 1.29 is 17.9 Å². The van der Waals surface area contributed by atoms with Crippen LogP contribution in [0.15, 0.2) is 47.6 Å². The summed E-state index contributed by atoms with van der Waals surface area (Å²) in [6, 6.07) is 11.8. The molecule has 0 aliphatic heterocycles. The molecule has 3 nitrogen and oxygen atoms in total. The van der Waals surface area contributed by atoms with E-state index in [2.05, 4.69) is 4.98 Å². The van der Waals surface area contributed by atoms with E-state index < -0.39 is 12.8 Å². The highest BCUT2D eigenvalue weighted by Gasteiger charge is 2.28. The molecule has 114 valence electrons. The van der Waals surface area contributed by atoms with E-state index in [-0.39, 0.29) is 5.75 Å². The SMILES string of the molecule is N#Cc1ccnc(SCc2cccc(OCC(F)(F)F)c2)c1. The van der Waals surface area contributed by atoms with Crippen molar-refractivity contribution in [3.05, 3.63) is 53.7 Å². The number of alkyl halides is 3. The molecule has 0 fully saturated rings. The van der Waals surface area contributed by atoms with Gasteiger partial charge >= 0.3 is 6.18 Å². The first-order chi connectivity index (χ1) is 10.5. The Morgan fingerprint density at radius 1 is 1.23 bits per heavy atom. The molecule has 7 heteroatoms. The largest absolute Gasteiger partial charge is 0.484 e. The van der Waals surface area contributed by atoms with Gasteiger partial charge in [0.05, 0.1) is 16.7 Å². The first-order valence-electron chi connectivity index (χ1n) is 6.24. The third kappa shape index (κ3) is 5.30. The number of nitrogens with zero attached hydrogens (tertiary/aromatic N) is 2. The number of nitriles is 1. The van der Waals surface area contributed by atoms with Gasteiger partial charge in [0.1, 0.15) is 5.75 Å². The maximum Gasteiger partial charge on any atom is 0.422 e.